The maximum atomic E-state index is 12.2. The Hall–Kier alpha value is -1.55. The molecule has 2 aliphatic heterocycles. The molecule has 4 nitrogen and oxygen atoms in total. The molecule has 2 N–H and O–H groups in total. The Morgan fingerprint density at radius 2 is 2.06 bits per heavy atom. The van der Waals surface area contributed by atoms with Crippen molar-refractivity contribution in [3.05, 3.63) is 29.8 Å². The Morgan fingerprint density at radius 1 is 1.28 bits per heavy atom. The van der Waals surface area contributed by atoms with Crippen LogP contribution < -0.4 is 10.6 Å². The summed E-state index contributed by atoms with van der Waals surface area (Å²) in [6.45, 7) is 4.43. The molecule has 2 heterocycles. The molecule has 1 aromatic carbocycles. The third-order valence-corrected chi connectivity index (χ3v) is 3.83. The van der Waals surface area contributed by atoms with Crippen LogP contribution in [0.15, 0.2) is 24.3 Å². The van der Waals surface area contributed by atoms with Gasteiger partial charge in [-0.15, -0.1) is 0 Å². The van der Waals surface area contributed by atoms with Crippen LogP contribution in [0.3, 0.4) is 0 Å². The molecule has 0 aliphatic carbocycles. The summed E-state index contributed by atoms with van der Waals surface area (Å²) in [4.78, 5) is 14.2. The largest absolute Gasteiger partial charge is 0.384 e. The fourth-order valence-electron chi connectivity index (χ4n) is 2.79. The molecular formula is C14H19N3O. The summed E-state index contributed by atoms with van der Waals surface area (Å²) in [6.07, 6.45) is 0.629. The van der Waals surface area contributed by atoms with Gasteiger partial charge in [0.1, 0.15) is 0 Å². The summed E-state index contributed by atoms with van der Waals surface area (Å²) < 4.78 is 0. The number of carbonyl (C=O) groups is 1. The number of nitrogens with zero attached hydrogens (tertiary/aromatic N) is 1. The predicted molar refractivity (Wildman–Crippen MR) is 71.7 cm³/mol. The van der Waals surface area contributed by atoms with E-state index in [0.29, 0.717) is 18.2 Å². The van der Waals surface area contributed by atoms with Crippen molar-refractivity contribution in [3.8, 4) is 0 Å². The highest BCUT2D eigenvalue weighted by Gasteiger charge is 2.26. The minimum Gasteiger partial charge on any atom is -0.384 e. The summed E-state index contributed by atoms with van der Waals surface area (Å²) in [5.74, 6) is 0.628. The van der Waals surface area contributed by atoms with Crippen LogP contribution in [0.1, 0.15) is 17.9 Å². The van der Waals surface area contributed by atoms with Crippen molar-refractivity contribution in [2.45, 2.75) is 12.3 Å². The average molecular weight is 245 g/mol. The highest BCUT2D eigenvalue weighted by molar-refractivity contribution is 5.78. The zero-order chi connectivity index (χ0) is 12.4. The van der Waals surface area contributed by atoms with Crippen LogP contribution in [0.2, 0.25) is 0 Å². The van der Waals surface area contributed by atoms with E-state index in [2.05, 4.69) is 22.8 Å². The first-order chi connectivity index (χ1) is 8.84. The van der Waals surface area contributed by atoms with Gasteiger partial charge in [-0.05, 0) is 11.6 Å². The molecule has 0 bridgehead atoms. The van der Waals surface area contributed by atoms with Gasteiger partial charge >= 0.3 is 0 Å². The molecule has 1 unspecified atom stereocenters. The van der Waals surface area contributed by atoms with E-state index in [1.54, 1.807) is 0 Å². The normalized spacial score (nSPS) is 22.4. The Labute approximate surface area is 107 Å². The zero-order valence-electron chi connectivity index (χ0n) is 10.5. The number of fused-ring (bicyclic) bond motifs is 1. The van der Waals surface area contributed by atoms with Crippen LogP contribution in [-0.2, 0) is 4.79 Å². The van der Waals surface area contributed by atoms with Gasteiger partial charge in [0.25, 0.3) is 0 Å². The summed E-state index contributed by atoms with van der Waals surface area (Å²) in [5, 5.41) is 6.65. The fourth-order valence-corrected chi connectivity index (χ4v) is 2.79. The summed E-state index contributed by atoms with van der Waals surface area (Å²) >= 11 is 0. The third kappa shape index (κ3) is 2.20. The number of benzene rings is 1. The molecule has 0 spiro atoms. The van der Waals surface area contributed by atoms with Gasteiger partial charge in [-0.1, -0.05) is 18.2 Å². The Bertz CT molecular complexity index is 440. The standard InChI is InChI=1S/C14H19N3O/c18-14(17-7-5-15-6-8-17)9-11-10-16-13-4-2-1-3-12(11)13/h1-4,11,15-16H,5-10H2. The van der Waals surface area contributed by atoms with Crippen molar-refractivity contribution in [1.82, 2.24) is 10.2 Å². The Kier molecular flexibility index (Phi) is 3.19. The Balaban J connectivity index is 1.65. The lowest BCUT2D eigenvalue weighted by molar-refractivity contribution is -0.132. The molecule has 3 rings (SSSR count). The molecule has 0 aromatic heterocycles. The van der Waals surface area contributed by atoms with E-state index in [9.17, 15) is 4.79 Å². The van der Waals surface area contributed by atoms with Crippen LogP contribution in [-0.4, -0.2) is 43.5 Å². The predicted octanol–water partition coefficient (Wildman–Crippen LogP) is 1.02. The zero-order valence-corrected chi connectivity index (χ0v) is 10.5. The van der Waals surface area contributed by atoms with Crippen molar-refractivity contribution >= 4 is 11.6 Å². The van der Waals surface area contributed by atoms with Crippen molar-refractivity contribution < 1.29 is 4.79 Å². The van der Waals surface area contributed by atoms with E-state index in [0.717, 1.165) is 32.7 Å². The van der Waals surface area contributed by atoms with Crippen molar-refractivity contribution in [2.75, 3.05) is 38.0 Å². The second kappa shape index (κ2) is 4.98. The number of anilines is 1. The number of amides is 1. The number of hydrogen-bond acceptors (Lipinski definition) is 3. The second-order valence-electron chi connectivity index (χ2n) is 5.00. The third-order valence-electron chi connectivity index (χ3n) is 3.83. The second-order valence-corrected chi connectivity index (χ2v) is 5.00. The SMILES string of the molecule is O=C(CC1CNc2ccccc21)N1CCNCC1. The van der Waals surface area contributed by atoms with Gasteiger partial charge in [0.2, 0.25) is 5.91 Å². The van der Waals surface area contributed by atoms with Crippen LogP contribution in [0, 0.1) is 0 Å². The van der Waals surface area contributed by atoms with Gasteiger partial charge in [0.15, 0.2) is 0 Å². The first-order valence-corrected chi connectivity index (χ1v) is 6.66. The highest BCUT2D eigenvalue weighted by atomic mass is 16.2. The summed E-state index contributed by atoms with van der Waals surface area (Å²) in [5.41, 5.74) is 2.48. The topological polar surface area (TPSA) is 44.4 Å². The van der Waals surface area contributed by atoms with E-state index >= 15 is 0 Å². The van der Waals surface area contributed by atoms with Gasteiger partial charge in [-0.25, -0.2) is 0 Å². The number of rotatable bonds is 2. The highest BCUT2D eigenvalue weighted by Crippen LogP contribution is 2.33. The van der Waals surface area contributed by atoms with Gasteiger partial charge in [-0.2, -0.15) is 0 Å². The maximum Gasteiger partial charge on any atom is 0.223 e. The van der Waals surface area contributed by atoms with Gasteiger partial charge in [0, 0.05) is 50.7 Å². The van der Waals surface area contributed by atoms with Crippen molar-refractivity contribution in [3.63, 3.8) is 0 Å². The van der Waals surface area contributed by atoms with E-state index in [4.69, 9.17) is 0 Å². The first-order valence-electron chi connectivity index (χ1n) is 6.66. The molecule has 1 saturated heterocycles. The molecule has 4 heteroatoms. The monoisotopic (exact) mass is 245 g/mol. The molecule has 18 heavy (non-hydrogen) atoms. The average Bonchev–Trinajstić information content (AvgIpc) is 2.83. The van der Waals surface area contributed by atoms with E-state index in [1.165, 1.54) is 11.3 Å². The molecule has 96 valence electrons. The Morgan fingerprint density at radius 3 is 2.89 bits per heavy atom. The first kappa shape index (κ1) is 11.5. The lowest BCUT2D eigenvalue weighted by Crippen LogP contribution is -2.46. The lowest BCUT2D eigenvalue weighted by Gasteiger charge is -2.28. The van der Waals surface area contributed by atoms with Crippen molar-refractivity contribution in [1.29, 1.82) is 0 Å². The van der Waals surface area contributed by atoms with Crippen LogP contribution in [0.25, 0.3) is 0 Å². The van der Waals surface area contributed by atoms with Crippen LogP contribution in [0.5, 0.6) is 0 Å². The molecule has 1 amide bonds. The number of nitrogens with one attached hydrogen (secondary N) is 2. The smallest absolute Gasteiger partial charge is 0.223 e. The van der Waals surface area contributed by atoms with Gasteiger partial charge in [0.05, 0.1) is 0 Å². The lowest BCUT2D eigenvalue weighted by atomic mass is 9.97. The van der Waals surface area contributed by atoms with Crippen molar-refractivity contribution in [2.24, 2.45) is 0 Å². The van der Waals surface area contributed by atoms with Crippen LogP contribution in [0.4, 0.5) is 5.69 Å². The number of hydrogen-bond donors (Lipinski definition) is 2. The minimum absolute atomic E-state index is 0.292. The molecule has 0 radical (unpaired) electrons. The summed E-state index contributed by atoms with van der Waals surface area (Å²) in [6, 6.07) is 8.30. The van der Waals surface area contributed by atoms with Gasteiger partial charge in [-0.3, -0.25) is 4.79 Å². The number of piperazine rings is 1. The van der Waals surface area contributed by atoms with E-state index in [-0.39, 0.29) is 0 Å². The molecule has 2 aliphatic rings. The fraction of sp³-hybridized carbons (Fsp3) is 0.500. The van der Waals surface area contributed by atoms with E-state index in [1.807, 2.05) is 17.0 Å². The van der Waals surface area contributed by atoms with Gasteiger partial charge < -0.3 is 15.5 Å². The summed E-state index contributed by atoms with van der Waals surface area (Å²) in [7, 11) is 0. The van der Waals surface area contributed by atoms with E-state index < -0.39 is 0 Å². The van der Waals surface area contributed by atoms with Crippen LogP contribution >= 0.6 is 0 Å². The molecule has 0 saturated carbocycles. The molecular weight excluding hydrogens is 226 g/mol. The number of para-hydroxylation sites is 1. The molecule has 1 aromatic rings. The molecule has 1 atom stereocenters. The molecule has 1 fully saturated rings. The minimum atomic E-state index is 0.292. The quantitative estimate of drug-likeness (QED) is 0.817. The maximum absolute atomic E-state index is 12.2. The number of carbonyl (C=O) groups excluding carboxylic acids is 1.